The van der Waals surface area contributed by atoms with Gasteiger partial charge in [-0.1, -0.05) is 18.6 Å². The average molecular weight is 347 g/mol. The van der Waals surface area contributed by atoms with Crippen LogP contribution in [-0.2, 0) is 6.54 Å². The Balaban J connectivity index is 1.35. The Morgan fingerprint density at radius 3 is 2.36 bits per heavy atom. The molecule has 0 radical (unpaired) electrons. The Labute approximate surface area is 152 Å². The van der Waals surface area contributed by atoms with E-state index in [9.17, 15) is 0 Å². The van der Waals surface area contributed by atoms with Gasteiger partial charge in [0.05, 0.1) is 6.61 Å². The van der Waals surface area contributed by atoms with E-state index in [0.717, 1.165) is 57.9 Å². The van der Waals surface area contributed by atoms with E-state index in [1.54, 1.807) is 0 Å². The SMILES string of the molecule is NN1CCCN(Cc2ccc(OCCCN3CCCCC3)cc2)CC1. The monoisotopic (exact) mass is 346 g/mol. The van der Waals surface area contributed by atoms with Crippen molar-refractivity contribution in [3.05, 3.63) is 29.8 Å². The lowest BCUT2D eigenvalue weighted by molar-refractivity contribution is 0.205. The van der Waals surface area contributed by atoms with Crippen molar-refractivity contribution in [2.75, 3.05) is 52.4 Å². The van der Waals surface area contributed by atoms with Gasteiger partial charge < -0.3 is 9.64 Å². The molecule has 0 spiro atoms. The van der Waals surface area contributed by atoms with Gasteiger partial charge in [0, 0.05) is 32.7 Å². The fourth-order valence-electron chi connectivity index (χ4n) is 3.76. The Bertz CT molecular complexity index is 487. The van der Waals surface area contributed by atoms with E-state index in [0.29, 0.717) is 0 Å². The van der Waals surface area contributed by atoms with Crippen LogP contribution in [0.15, 0.2) is 24.3 Å². The lowest BCUT2D eigenvalue weighted by Gasteiger charge is -2.26. The Hall–Kier alpha value is -1.14. The molecule has 2 N–H and O–H groups in total. The van der Waals surface area contributed by atoms with Crippen molar-refractivity contribution >= 4 is 0 Å². The van der Waals surface area contributed by atoms with E-state index < -0.39 is 0 Å². The van der Waals surface area contributed by atoms with Crippen molar-refractivity contribution in [3.8, 4) is 5.75 Å². The van der Waals surface area contributed by atoms with Gasteiger partial charge in [0.25, 0.3) is 0 Å². The van der Waals surface area contributed by atoms with Crippen LogP contribution in [0.1, 0.15) is 37.7 Å². The van der Waals surface area contributed by atoms with Crippen LogP contribution in [0, 0.1) is 0 Å². The molecule has 2 aliphatic rings. The lowest BCUT2D eigenvalue weighted by Crippen LogP contribution is -2.35. The van der Waals surface area contributed by atoms with E-state index in [2.05, 4.69) is 34.1 Å². The number of hydrogen-bond acceptors (Lipinski definition) is 5. The first-order valence-electron chi connectivity index (χ1n) is 9.96. The molecule has 0 saturated carbocycles. The van der Waals surface area contributed by atoms with Gasteiger partial charge in [-0.15, -0.1) is 0 Å². The second kappa shape index (κ2) is 10.1. The van der Waals surface area contributed by atoms with Crippen LogP contribution < -0.4 is 10.6 Å². The third-order valence-corrected chi connectivity index (χ3v) is 5.29. The average Bonchev–Trinajstić information content (AvgIpc) is 2.85. The second-order valence-electron chi connectivity index (χ2n) is 7.41. The molecule has 0 amide bonds. The fourth-order valence-corrected chi connectivity index (χ4v) is 3.76. The summed E-state index contributed by atoms with van der Waals surface area (Å²) in [6.07, 6.45) is 6.40. The molecule has 0 aromatic heterocycles. The number of likely N-dealkylation sites (tertiary alicyclic amines) is 1. The topological polar surface area (TPSA) is 45.0 Å². The fraction of sp³-hybridized carbons (Fsp3) is 0.700. The smallest absolute Gasteiger partial charge is 0.119 e. The second-order valence-corrected chi connectivity index (χ2v) is 7.41. The first kappa shape index (κ1) is 18.6. The van der Waals surface area contributed by atoms with Gasteiger partial charge in [-0.2, -0.15) is 0 Å². The van der Waals surface area contributed by atoms with Crippen LogP contribution in [0.2, 0.25) is 0 Å². The van der Waals surface area contributed by atoms with E-state index >= 15 is 0 Å². The Morgan fingerprint density at radius 1 is 0.800 bits per heavy atom. The lowest BCUT2D eigenvalue weighted by atomic mass is 10.1. The first-order chi connectivity index (χ1) is 12.3. The van der Waals surface area contributed by atoms with Crippen LogP contribution in [0.4, 0.5) is 0 Å². The van der Waals surface area contributed by atoms with Gasteiger partial charge in [0.2, 0.25) is 0 Å². The standard InChI is InChI=1S/C20H34N4O/c21-24-14-4-12-23(15-16-24)18-19-6-8-20(9-7-19)25-17-5-13-22-10-2-1-3-11-22/h6-9H,1-5,10-18,21H2. The molecule has 2 heterocycles. The van der Waals surface area contributed by atoms with E-state index in [4.69, 9.17) is 10.6 Å². The van der Waals surface area contributed by atoms with Gasteiger partial charge in [0.15, 0.2) is 0 Å². The minimum atomic E-state index is 0.814. The highest BCUT2D eigenvalue weighted by atomic mass is 16.5. The van der Waals surface area contributed by atoms with Gasteiger partial charge in [-0.3, -0.25) is 10.7 Å². The Morgan fingerprint density at radius 2 is 1.56 bits per heavy atom. The van der Waals surface area contributed by atoms with E-state index in [1.807, 2.05) is 5.01 Å². The molecule has 5 heteroatoms. The summed E-state index contributed by atoms with van der Waals surface area (Å²) in [4.78, 5) is 5.06. The van der Waals surface area contributed by atoms with Crippen molar-refractivity contribution < 1.29 is 4.74 Å². The van der Waals surface area contributed by atoms with Crippen molar-refractivity contribution in [2.45, 2.75) is 38.6 Å². The minimum Gasteiger partial charge on any atom is -0.494 e. The highest BCUT2D eigenvalue weighted by Gasteiger charge is 2.12. The quantitative estimate of drug-likeness (QED) is 0.606. The number of ether oxygens (including phenoxy) is 1. The van der Waals surface area contributed by atoms with Gasteiger partial charge >= 0.3 is 0 Å². The number of benzene rings is 1. The summed E-state index contributed by atoms with van der Waals surface area (Å²) in [5, 5.41) is 1.93. The third kappa shape index (κ3) is 6.59. The minimum absolute atomic E-state index is 0.814. The molecular weight excluding hydrogens is 312 g/mol. The zero-order valence-electron chi connectivity index (χ0n) is 15.5. The summed E-state index contributed by atoms with van der Waals surface area (Å²) < 4.78 is 5.91. The molecular formula is C20H34N4O. The summed E-state index contributed by atoms with van der Waals surface area (Å²) in [6.45, 7) is 9.66. The van der Waals surface area contributed by atoms with E-state index in [-0.39, 0.29) is 0 Å². The molecule has 0 bridgehead atoms. The Kier molecular flexibility index (Phi) is 7.55. The number of hydrazine groups is 1. The zero-order valence-corrected chi connectivity index (χ0v) is 15.5. The molecule has 25 heavy (non-hydrogen) atoms. The number of nitrogens with two attached hydrogens (primary N) is 1. The molecule has 0 unspecified atom stereocenters. The summed E-state index contributed by atoms with van der Waals surface area (Å²) >= 11 is 0. The molecule has 0 aliphatic carbocycles. The third-order valence-electron chi connectivity index (χ3n) is 5.29. The summed E-state index contributed by atoms with van der Waals surface area (Å²) in [7, 11) is 0. The van der Waals surface area contributed by atoms with Crippen molar-refractivity contribution in [3.63, 3.8) is 0 Å². The molecule has 3 rings (SSSR count). The van der Waals surface area contributed by atoms with Crippen LogP contribution in [-0.4, -0.2) is 67.2 Å². The molecule has 5 nitrogen and oxygen atoms in total. The predicted molar refractivity (Wildman–Crippen MR) is 102 cm³/mol. The maximum atomic E-state index is 5.91. The van der Waals surface area contributed by atoms with Crippen molar-refractivity contribution in [1.82, 2.24) is 14.8 Å². The molecule has 0 atom stereocenters. The zero-order chi connectivity index (χ0) is 17.3. The van der Waals surface area contributed by atoms with Crippen LogP contribution in [0.25, 0.3) is 0 Å². The normalized spacial score (nSPS) is 21.2. The molecule has 2 fully saturated rings. The molecule has 1 aromatic rings. The van der Waals surface area contributed by atoms with Gasteiger partial charge in [-0.25, -0.2) is 5.01 Å². The maximum absolute atomic E-state index is 5.91. The van der Waals surface area contributed by atoms with Crippen molar-refractivity contribution in [2.24, 2.45) is 5.84 Å². The largest absolute Gasteiger partial charge is 0.494 e. The van der Waals surface area contributed by atoms with Crippen LogP contribution >= 0.6 is 0 Å². The van der Waals surface area contributed by atoms with Gasteiger partial charge in [0.1, 0.15) is 5.75 Å². The molecule has 140 valence electrons. The number of nitrogens with zero attached hydrogens (tertiary/aromatic N) is 3. The first-order valence-corrected chi connectivity index (χ1v) is 9.96. The number of hydrogen-bond donors (Lipinski definition) is 1. The highest BCUT2D eigenvalue weighted by Crippen LogP contribution is 2.15. The molecule has 1 aromatic carbocycles. The molecule has 2 saturated heterocycles. The van der Waals surface area contributed by atoms with Crippen LogP contribution in [0.3, 0.4) is 0 Å². The van der Waals surface area contributed by atoms with E-state index in [1.165, 1.54) is 44.5 Å². The number of piperidine rings is 1. The molecule has 2 aliphatic heterocycles. The predicted octanol–water partition coefficient (Wildman–Crippen LogP) is 2.32. The van der Waals surface area contributed by atoms with Gasteiger partial charge in [-0.05, 0) is 63.0 Å². The highest BCUT2D eigenvalue weighted by molar-refractivity contribution is 5.27. The summed E-state index contributed by atoms with van der Waals surface area (Å²) in [5.74, 6) is 6.89. The number of rotatable bonds is 7. The maximum Gasteiger partial charge on any atom is 0.119 e. The van der Waals surface area contributed by atoms with Crippen LogP contribution in [0.5, 0.6) is 5.75 Å². The summed E-state index contributed by atoms with van der Waals surface area (Å²) in [5.41, 5.74) is 1.35. The summed E-state index contributed by atoms with van der Waals surface area (Å²) in [6, 6.07) is 8.63. The van der Waals surface area contributed by atoms with Crippen molar-refractivity contribution in [1.29, 1.82) is 0 Å².